The summed E-state index contributed by atoms with van der Waals surface area (Å²) in [5, 5.41) is 2.33. The highest BCUT2D eigenvalue weighted by atomic mass is 16.8. The number of benzene rings is 2. The van der Waals surface area contributed by atoms with Crippen LogP contribution in [0.5, 0.6) is 0 Å². The second-order valence-electron chi connectivity index (χ2n) is 7.70. The lowest BCUT2D eigenvalue weighted by molar-refractivity contribution is -0.218. The van der Waals surface area contributed by atoms with Gasteiger partial charge in [-0.3, -0.25) is 4.79 Å². The molecular formula is C22H26O5. The Morgan fingerprint density at radius 3 is 2.70 bits per heavy atom. The minimum atomic E-state index is -0.744. The largest absolute Gasteiger partial charge is 0.367 e. The third kappa shape index (κ3) is 3.41. The summed E-state index contributed by atoms with van der Waals surface area (Å²) in [6, 6.07) is 12.5. The number of hydrogen-bond donors (Lipinski definition) is 0. The van der Waals surface area contributed by atoms with Crippen LogP contribution in [-0.4, -0.2) is 36.2 Å². The van der Waals surface area contributed by atoms with Crippen molar-refractivity contribution in [3.8, 4) is 0 Å². The summed E-state index contributed by atoms with van der Waals surface area (Å²) in [5.74, 6) is -0.735. The summed E-state index contributed by atoms with van der Waals surface area (Å²) in [4.78, 5) is 12.4. The van der Waals surface area contributed by atoms with Crippen molar-refractivity contribution in [2.45, 2.75) is 71.1 Å². The molecule has 0 amide bonds. The highest BCUT2D eigenvalue weighted by Gasteiger charge is 2.57. The van der Waals surface area contributed by atoms with Gasteiger partial charge < -0.3 is 18.9 Å². The van der Waals surface area contributed by atoms with Gasteiger partial charge in [0, 0.05) is 6.42 Å². The van der Waals surface area contributed by atoms with Crippen molar-refractivity contribution in [1.82, 2.24) is 0 Å². The molecule has 0 unspecified atom stereocenters. The van der Waals surface area contributed by atoms with Crippen molar-refractivity contribution < 1.29 is 23.7 Å². The minimum Gasteiger partial charge on any atom is -0.367 e. The number of Topliss-reactive ketones (excluding diaryl/α,β-unsaturated/α-hetero) is 1. The molecule has 4 rings (SSSR count). The second kappa shape index (κ2) is 6.99. The summed E-state index contributed by atoms with van der Waals surface area (Å²) < 4.78 is 23.9. The van der Waals surface area contributed by atoms with Crippen LogP contribution in [0, 0.1) is 6.92 Å². The maximum Gasteiger partial charge on any atom is 0.190 e. The lowest BCUT2D eigenvalue weighted by Gasteiger charge is -2.25. The molecule has 0 spiro atoms. The molecule has 4 atom stereocenters. The van der Waals surface area contributed by atoms with Gasteiger partial charge in [0.25, 0.3) is 0 Å². The van der Waals surface area contributed by atoms with E-state index in [1.165, 1.54) is 5.39 Å². The lowest BCUT2D eigenvalue weighted by Crippen LogP contribution is -2.40. The van der Waals surface area contributed by atoms with E-state index >= 15 is 0 Å². The molecule has 2 aliphatic rings. The molecule has 27 heavy (non-hydrogen) atoms. The van der Waals surface area contributed by atoms with Crippen LogP contribution in [0.2, 0.25) is 0 Å². The van der Waals surface area contributed by atoms with Crippen molar-refractivity contribution in [1.29, 1.82) is 0 Å². The summed E-state index contributed by atoms with van der Waals surface area (Å²) in [6.07, 6.45) is -1.73. The van der Waals surface area contributed by atoms with E-state index in [-0.39, 0.29) is 5.78 Å². The Morgan fingerprint density at radius 2 is 1.93 bits per heavy atom. The molecule has 5 heteroatoms. The van der Waals surface area contributed by atoms with E-state index in [1.807, 2.05) is 32.9 Å². The Kier molecular flexibility index (Phi) is 4.80. The Labute approximate surface area is 159 Å². The van der Waals surface area contributed by atoms with Gasteiger partial charge in [0.2, 0.25) is 0 Å². The lowest BCUT2D eigenvalue weighted by atomic mass is 10.00. The number of hydrogen-bond acceptors (Lipinski definition) is 5. The topological polar surface area (TPSA) is 54.0 Å². The molecular weight excluding hydrogens is 344 g/mol. The van der Waals surface area contributed by atoms with Gasteiger partial charge in [0.1, 0.15) is 18.3 Å². The average Bonchev–Trinajstić information content (AvgIpc) is 3.12. The fourth-order valence-corrected chi connectivity index (χ4v) is 3.94. The molecule has 0 bridgehead atoms. The Balaban J connectivity index is 1.60. The molecule has 2 fully saturated rings. The molecule has 2 aliphatic heterocycles. The third-order valence-electron chi connectivity index (χ3n) is 5.35. The summed E-state index contributed by atoms with van der Waals surface area (Å²) >= 11 is 0. The smallest absolute Gasteiger partial charge is 0.190 e. The van der Waals surface area contributed by atoms with Crippen LogP contribution in [0.4, 0.5) is 0 Å². The van der Waals surface area contributed by atoms with Crippen molar-refractivity contribution in [3.05, 3.63) is 47.5 Å². The molecule has 0 aromatic heterocycles. The second-order valence-corrected chi connectivity index (χ2v) is 7.70. The average molecular weight is 370 g/mol. The van der Waals surface area contributed by atoms with Gasteiger partial charge in [0.15, 0.2) is 17.9 Å². The van der Waals surface area contributed by atoms with E-state index < -0.39 is 30.4 Å². The van der Waals surface area contributed by atoms with Gasteiger partial charge in [-0.15, -0.1) is 0 Å². The van der Waals surface area contributed by atoms with Crippen molar-refractivity contribution in [3.63, 3.8) is 0 Å². The summed E-state index contributed by atoms with van der Waals surface area (Å²) in [5.41, 5.74) is 2.28. The maximum atomic E-state index is 12.4. The van der Waals surface area contributed by atoms with Crippen LogP contribution >= 0.6 is 0 Å². The first kappa shape index (κ1) is 18.6. The van der Waals surface area contributed by atoms with E-state index in [9.17, 15) is 4.79 Å². The van der Waals surface area contributed by atoms with Gasteiger partial charge >= 0.3 is 0 Å². The van der Waals surface area contributed by atoms with Crippen LogP contribution in [0.25, 0.3) is 10.8 Å². The quantitative estimate of drug-likeness (QED) is 0.799. The molecule has 0 radical (unpaired) electrons. The highest BCUT2D eigenvalue weighted by Crippen LogP contribution is 2.39. The molecule has 0 N–H and O–H groups in total. The normalized spacial score (nSPS) is 29.2. The van der Waals surface area contributed by atoms with Gasteiger partial charge in [-0.2, -0.15) is 0 Å². The molecule has 2 heterocycles. The standard InChI is InChI=1S/C22H26O5/c1-5-17(23)18-19(20-21(25-18)27-22(3,4)26-20)24-12-16-13(2)10-11-14-8-6-7-9-15(14)16/h6-11,18-21H,5,12H2,1-4H3/t18-,19+,20-,21-/m1/s1. The number of rotatable bonds is 5. The van der Waals surface area contributed by atoms with Crippen molar-refractivity contribution >= 4 is 16.6 Å². The van der Waals surface area contributed by atoms with Crippen LogP contribution in [0.1, 0.15) is 38.3 Å². The number of carbonyl (C=O) groups is 1. The van der Waals surface area contributed by atoms with Crippen molar-refractivity contribution in [2.24, 2.45) is 0 Å². The fourth-order valence-electron chi connectivity index (χ4n) is 3.94. The molecule has 2 saturated heterocycles. The number of carbonyl (C=O) groups excluding carboxylic acids is 1. The molecule has 0 aliphatic carbocycles. The van der Waals surface area contributed by atoms with Gasteiger partial charge in [0.05, 0.1) is 6.61 Å². The summed E-state index contributed by atoms with van der Waals surface area (Å²) in [7, 11) is 0. The van der Waals surface area contributed by atoms with Crippen LogP contribution in [0.15, 0.2) is 36.4 Å². The Bertz CT molecular complexity index is 859. The highest BCUT2D eigenvalue weighted by molar-refractivity contribution is 5.86. The molecule has 2 aromatic rings. The third-order valence-corrected chi connectivity index (χ3v) is 5.35. The van der Waals surface area contributed by atoms with E-state index in [0.29, 0.717) is 13.0 Å². The molecule has 2 aromatic carbocycles. The van der Waals surface area contributed by atoms with Gasteiger partial charge in [-0.05, 0) is 42.7 Å². The molecule has 0 saturated carbocycles. The molecule has 5 nitrogen and oxygen atoms in total. The predicted molar refractivity (Wildman–Crippen MR) is 101 cm³/mol. The minimum absolute atomic E-state index is 0.00838. The zero-order valence-corrected chi connectivity index (χ0v) is 16.2. The van der Waals surface area contributed by atoms with Crippen molar-refractivity contribution in [2.75, 3.05) is 0 Å². The van der Waals surface area contributed by atoms with Gasteiger partial charge in [-0.25, -0.2) is 0 Å². The van der Waals surface area contributed by atoms with E-state index in [4.69, 9.17) is 18.9 Å². The summed E-state index contributed by atoms with van der Waals surface area (Å²) in [6.45, 7) is 7.99. The van der Waals surface area contributed by atoms with E-state index in [0.717, 1.165) is 16.5 Å². The van der Waals surface area contributed by atoms with Crippen LogP contribution in [-0.2, 0) is 30.3 Å². The number of fused-ring (bicyclic) bond motifs is 2. The number of ether oxygens (including phenoxy) is 4. The monoisotopic (exact) mass is 370 g/mol. The fraction of sp³-hybridized carbons (Fsp3) is 0.500. The Morgan fingerprint density at radius 1 is 1.15 bits per heavy atom. The van der Waals surface area contributed by atoms with Gasteiger partial charge in [-0.1, -0.05) is 43.3 Å². The number of aryl methyl sites for hydroxylation is 1. The first-order valence-electron chi connectivity index (χ1n) is 9.52. The van der Waals surface area contributed by atoms with Crippen LogP contribution in [0.3, 0.4) is 0 Å². The predicted octanol–water partition coefficient (Wildman–Crippen LogP) is 3.89. The first-order chi connectivity index (χ1) is 12.9. The zero-order valence-electron chi connectivity index (χ0n) is 16.2. The SMILES string of the molecule is CCC(=O)[C@H]1O[C@@H]2OC(C)(C)O[C@@H]2[C@H]1OCc1c(C)ccc2ccccc12. The Hall–Kier alpha value is -1.79. The van der Waals surface area contributed by atoms with Crippen LogP contribution < -0.4 is 0 Å². The van der Waals surface area contributed by atoms with E-state index in [2.05, 4.69) is 31.2 Å². The zero-order chi connectivity index (χ0) is 19.2. The molecule has 144 valence electrons. The first-order valence-corrected chi connectivity index (χ1v) is 9.52. The van der Waals surface area contributed by atoms with E-state index in [1.54, 1.807) is 0 Å². The number of ketones is 1. The maximum absolute atomic E-state index is 12.4.